The molecule has 4 rings (SSSR count). The molecular weight excluding hydrogens is 246 g/mol. The number of hydrogen-bond donors (Lipinski definition) is 0. The Labute approximate surface area is 116 Å². The van der Waals surface area contributed by atoms with Crippen LogP contribution in [0.4, 0.5) is 0 Å². The Morgan fingerprint density at radius 2 is 1.70 bits per heavy atom. The van der Waals surface area contributed by atoms with E-state index in [1.165, 1.54) is 11.1 Å². The summed E-state index contributed by atoms with van der Waals surface area (Å²) in [6.45, 7) is 2.09. The first kappa shape index (κ1) is 11.2. The van der Waals surface area contributed by atoms with Gasteiger partial charge in [0.1, 0.15) is 0 Å². The molecule has 0 radical (unpaired) electrons. The van der Waals surface area contributed by atoms with E-state index in [1.54, 1.807) is 0 Å². The van der Waals surface area contributed by atoms with E-state index in [4.69, 9.17) is 0 Å². The third kappa shape index (κ3) is 1.67. The molecule has 0 unspecified atom stereocenters. The highest BCUT2D eigenvalue weighted by atomic mass is 15.1. The third-order valence-corrected chi connectivity index (χ3v) is 3.55. The summed E-state index contributed by atoms with van der Waals surface area (Å²) in [6, 6.07) is 16.6. The van der Waals surface area contributed by atoms with Gasteiger partial charge in [0.2, 0.25) is 5.78 Å². The molecule has 0 spiro atoms. The van der Waals surface area contributed by atoms with Gasteiger partial charge in [0.05, 0.1) is 11.0 Å². The monoisotopic (exact) mass is 259 g/mol. The number of imidazole rings is 1. The number of benzene rings is 2. The topological polar surface area (TPSA) is 30.2 Å². The van der Waals surface area contributed by atoms with Gasteiger partial charge in [-0.2, -0.15) is 0 Å². The summed E-state index contributed by atoms with van der Waals surface area (Å²) in [6.07, 6.45) is 3.98. The van der Waals surface area contributed by atoms with Crippen molar-refractivity contribution in [3.05, 3.63) is 66.5 Å². The minimum atomic E-state index is 0.738. The van der Waals surface area contributed by atoms with E-state index in [2.05, 4.69) is 53.4 Å². The standard InChI is InChI=1S/C17H13N3/c1-12-6-8-13(9-7-12)14-10-18-17-19-15-4-2-3-5-16(15)20(17)11-14/h2-11H,1H3. The molecule has 0 aliphatic carbocycles. The smallest absolute Gasteiger partial charge is 0.234 e. The number of aromatic nitrogens is 3. The summed E-state index contributed by atoms with van der Waals surface area (Å²) in [5.41, 5.74) is 5.59. The van der Waals surface area contributed by atoms with Crippen LogP contribution in [-0.4, -0.2) is 14.4 Å². The van der Waals surface area contributed by atoms with Gasteiger partial charge in [-0.3, -0.25) is 4.40 Å². The molecule has 0 atom stereocenters. The second-order valence-electron chi connectivity index (χ2n) is 4.98. The molecule has 0 saturated heterocycles. The maximum absolute atomic E-state index is 4.52. The molecule has 0 aliphatic heterocycles. The lowest BCUT2D eigenvalue weighted by Gasteiger charge is -2.03. The van der Waals surface area contributed by atoms with E-state index in [0.29, 0.717) is 0 Å². The molecule has 0 bridgehead atoms. The Hall–Kier alpha value is -2.68. The van der Waals surface area contributed by atoms with Gasteiger partial charge < -0.3 is 0 Å². The minimum absolute atomic E-state index is 0.738. The second-order valence-corrected chi connectivity index (χ2v) is 4.98. The van der Waals surface area contributed by atoms with E-state index in [-0.39, 0.29) is 0 Å². The summed E-state index contributed by atoms with van der Waals surface area (Å²) in [5.74, 6) is 0.738. The largest absolute Gasteiger partial charge is 0.283 e. The van der Waals surface area contributed by atoms with Crippen LogP contribution in [0.2, 0.25) is 0 Å². The number of aryl methyl sites for hydroxylation is 1. The first-order chi connectivity index (χ1) is 9.81. The first-order valence-corrected chi connectivity index (χ1v) is 6.61. The van der Waals surface area contributed by atoms with Crippen LogP contribution in [-0.2, 0) is 0 Å². The van der Waals surface area contributed by atoms with Gasteiger partial charge >= 0.3 is 0 Å². The zero-order valence-electron chi connectivity index (χ0n) is 11.1. The third-order valence-electron chi connectivity index (χ3n) is 3.55. The Kier molecular flexibility index (Phi) is 2.33. The maximum Gasteiger partial charge on any atom is 0.234 e. The molecule has 2 aromatic carbocycles. The van der Waals surface area contributed by atoms with Crippen molar-refractivity contribution < 1.29 is 0 Å². The molecule has 0 aliphatic rings. The quantitative estimate of drug-likeness (QED) is 0.519. The number of para-hydroxylation sites is 2. The van der Waals surface area contributed by atoms with Crippen LogP contribution in [0, 0.1) is 6.92 Å². The lowest BCUT2D eigenvalue weighted by molar-refractivity contribution is 1.14. The molecule has 0 saturated carbocycles. The molecule has 2 heterocycles. The van der Waals surface area contributed by atoms with Crippen LogP contribution < -0.4 is 0 Å². The maximum atomic E-state index is 4.52. The zero-order chi connectivity index (χ0) is 13.5. The highest BCUT2D eigenvalue weighted by Gasteiger charge is 2.06. The second kappa shape index (κ2) is 4.17. The molecule has 20 heavy (non-hydrogen) atoms. The van der Waals surface area contributed by atoms with Gasteiger partial charge in [0.15, 0.2) is 0 Å². The summed E-state index contributed by atoms with van der Waals surface area (Å²) in [5, 5.41) is 0. The van der Waals surface area contributed by atoms with Crippen molar-refractivity contribution in [2.45, 2.75) is 6.92 Å². The fourth-order valence-electron chi connectivity index (χ4n) is 2.44. The molecule has 0 N–H and O–H groups in total. The van der Waals surface area contributed by atoms with Crippen LogP contribution in [0.5, 0.6) is 0 Å². The predicted molar refractivity (Wildman–Crippen MR) is 80.7 cm³/mol. The Morgan fingerprint density at radius 3 is 2.55 bits per heavy atom. The highest BCUT2D eigenvalue weighted by Crippen LogP contribution is 2.22. The summed E-state index contributed by atoms with van der Waals surface area (Å²) >= 11 is 0. The van der Waals surface area contributed by atoms with E-state index in [0.717, 1.165) is 22.4 Å². The van der Waals surface area contributed by atoms with Gasteiger partial charge in [0, 0.05) is 18.0 Å². The van der Waals surface area contributed by atoms with E-state index < -0.39 is 0 Å². The molecule has 3 nitrogen and oxygen atoms in total. The Morgan fingerprint density at radius 1 is 0.900 bits per heavy atom. The van der Waals surface area contributed by atoms with Gasteiger partial charge in [-0.1, -0.05) is 42.0 Å². The molecular formula is C17H13N3. The molecule has 0 amide bonds. The number of fused-ring (bicyclic) bond motifs is 3. The molecule has 4 aromatic rings. The van der Waals surface area contributed by atoms with E-state index in [1.807, 2.05) is 28.8 Å². The molecule has 96 valence electrons. The van der Waals surface area contributed by atoms with Crippen molar-refractivity contribution in [1.82, 2.24) is 14.4 Å². The van der Waals surface area contributed by atoms with Crippen molar-refractivity contribution >= 4 is 16.8 Å². The van der Waals surface area contributed by atoms with E-state index >= 15 is 0 Å². The average molecular weight is 259 g/mol. The van der Waals surface area contributed by atoms with Crippen LogP contribution >= 0.6 is 0 Å². The zero-order valence-corrected chi connectivity index (χ0v) is 11.1. The Balaban J connectivity index is 1.97. The fraction of sp³-hybridized carbons (Fsp3) is 0.0588. The number of rotatable bonds is 1. The first-order valence-electron chi connectivity index (χ1n) is 6.61. The highest BCUT2D eigenvalue weighted by molar-refractivity contribution is 5.80. The van der Waals surface area contributed by atoms with Crippen molar-refractivity contribution in [1.29, 1.82) is 0 Å². The molecule has 0 fully saturated rings. The minimum Gasteiger partial charge on any atom is -0.283 e. The van der Waals surface area contributed by atoms with Crippen molar-refractivity contribution in [3.63, 3.8) is 0 Å². The summed E-state index contributed by atoms with van der Waals surface area (Å²) < 4.78 is 2.05. The average Bonchev–Trinajstić information content (AvgIpc) is 2.86. The van der Waals surface area contributed by atoms with Crippen LogP contribution in [0.15, 0.2) is 60.9 Å². The lowest BCUT2D eigenvalue weighted by atomic mass is 10.1. The molecule has 2 aromatic heterocycles. The van der Waals surface area contributed by atoms with Crippen LogP contribution in [0.3, 0.4) is 0 Å². The van der Waals surface area contributed by atoms with Gasteiger partial charge in [-0.15, -0.1) is 0 Å². The van der Waals surface area contributed by atoms with Crippen molar-refractivity contribution in [2.75, 3.05) is 0 Å². The van der Waals surface area contributed by atoms with Crippen molar-refractivity contribution in [3.8, 4) is 11.1 Å². The number of nitrogens with zero attached hydrogens (tertiary/aromatic N) is 3. The summed E-state index contributed by atoms with van der Waals surface area (Å²) in [7, 11) is 0. The van der Waals surface area contributed by atoms with E-state index in [9.17, 15) is 0 Å². The van der Waals surface area contributed by atoms with Gasteiger partial charge in [-0.25, -0.2) is 9.97 Å². The molecule has 3 heteroatoms. The van der Waals surface area contributed by atoms with Gasteiger partial charge in [0.25, 0.3) is 0 Å². The van der Waals surface area contributed by atoms with Gasteiger partial charge in [-0.05, 0) is 24.6 Å². The Bertz CT molecular complexity index is 904. The van der Waals surface area contributed by atoms with Crippen molar-refractivity contribution in [2.24, 2.45) is 0 Å². The van der Waals surface area contributed by atoms with Crippen LogP contribution in [0.25, 0.3) is 27.9 Å². The van der Waals surface area contributed by atoms with Crippen LogP contribution in [0.1, 0.15) is 5.56 Å². The number of hydrogen-bond acceptors (Lipinski definition) is 2. The normalized spacial score (nSPS) is 11.2. The predicted octanol–water partition coefficient (Wildman–Crippen LogP) is 3.86. The SMILES string of the molecule is Cc1ccc(-c2cnc3nc4ccccc4n3c2)cc1. The lowest BCUT2D eigenvalue weighted by Crippen LogP contribution is -1.90. The fourth-order valence-corrected chi connectivity index (χ4v) is 2.44. The summed E-state index contributed by atoms with van der Waals surface area (Å²) in [4.78, 5) is 8.98.